The van der Waals surface area contributed by atoms with Gasteiger partial charge in [0.25, 0.3) is 0 Å². The van der Waals surface area contributed by atoms with Crippen molar-refractivity contribution in [3.05, 3.63) is 41.5 Å². The van der Waals surface area contributed by atoms with Crippen LogP contribution in [0, 0.1) is 0 Å². The molecule has 2 aliphatic rings. The molecule has 8 nitrogen and oxygen atoms in total. The summed E-state index contributed by atoms with van der Waals surface area (Å²) in [5.41, 5.74) is 1.26. The fourth-order valence-electron chi connectivity index (χ4n) is 3.95. The fourth-order valence-corrected chi connectivity index (χ4v) is 4.80. The SMILES string of the molecule is COc1cc(/C=C/C(=O)c2cc3c(cc2OCCN2CCOCC2)OCCS3)cc(OC)c1OC. The van der Waals surface area contributed by atoms with Gasteiger partial charge >= 0.3 is 0 Å². The summed E-state index contributed by atoms with van der Waals surface area (Å²) in [5.74, 6) is 3.52. The quantitative estimate of drug-likeness (QED) is 0.357. The highest BCUT2D eigenvalue weighted by atomic mass is 32.2. The fraction of sp³-hybridized carbons (Fsp3) is 0.423. The summed E-state index contributed by atoms with van der Waals surface area (Å²) in [6.07, 6.45) is 3.26. The van der Waals surface area contributed by atoms with Gasteiger partial charge in [-0.2, -0.15) is 0 Å². The monoisotopic (exact) mass is 501 g/mol. The number of rotatable bonds is 10. The summed E-state index contributed by atoms with van der Waals surface area (Å²) in [6.45, 7) is 5.12. The van der Waals surface area contributed by atoms with Gasteiger partial charge in [0.2, 0.25) is 5.75 Å². The van der Waals surface area contributed by atoms with Gasteiger partial charge in [-0.05, 0) is 29.8 Å². The first-order valence-corrected chi connectivity index (χ1v) is 12.5. The highest BCUT2D eigenvalue weighted by molar-refractivity contribution is 7.99. The second-order valence-electron chi connectivity index (χ2n) is 7.95. The van der Waals surface area contributed by atoms with Gasteiger partial charge in [-0.3, -0.25) is 9.69 Å². The Kier molecular flexibility index (Phi) is 8.79. The highest BCUT2D eigenvalue weighted by Crippen LogP contribution is 2.40. The van der Waals surface area contributed by atoms with E-state index in [1.807, 2.05) is 12.1 Å². The van der Waals surface area contributed by atoms with E-state index in [2.05, 4.69) is 4.90 Å². The molecule has 9 heteroatoms. The Balaban J connectivity index is 1.55. The number of morpholine rings is 1. The standard InChI is InChI=1S/C26H31NO7S/c1-29-23-14-18(15-24(30-2)26(23)31-3)4-5-20(28)19-16-25-22(34-12-13-35-25)17-21(19)33-11-8-27-6-9-32-10-7-27/h4-5,14-17H,6-13H2,1-3H3/b5-4+. The summed E-state index contributed by atoms with van der Waals surface area (Å²) in [6, 6.07) is 7.29. The molecule has 0 amide bonds. The van der Waals surface area contributed by atoms with Crippen molar-refractivity contribution in [3.63, 3.8) is 0 Å². The molecule has 1 fully saturated rings. The van der Waals surface area contributed by atoms with Crippen LogP contribution in [-0.2, 0) is 4.74 Å². The molecule has 0 spiro atoms. The number of carbonyl (C=O) groups excluding carboxylic acids is 1. The van der Waals surface area contributed by atoms with Gasteiger partial charge in [0.05, 0.1) is 51.6 Å². The summed E-state index contributed by atoms with van der Waals surface area (Å²) in [7, 11) is 4.67. The molecule has 2 aromatic rings. The second kappa shape index (κ2) is 12.2. The number of ether oxygens (including phenoxy) is 6. The van der Waals surface area contributed by atoms with Crippen LogP contribution >= 0.6 is 11.8 Å². The number of thioether (sulfide) groups is 1. The Morgan fingerprint density at radius 1 is 1.00 bits per heavy atom. The molecule has 188 valence electrons. The van der Waals surface area contributed by atoms with Crippen LogP contribution in [-0.4, -0.2) is 83.8 Å². The van der Waals surface area contributed by atoms with Crippen molar-refractivity contribution in [2.45, 2.75) is 4.90 Å². The van der Waals surface area contributed by atoms with Crippen molar-refractivity contribution in [1.82, 2.24) is 4.90 Å². The van der Waals surface area contributed by atoms with Gasteiger partial charge in [0.15, 0.2) is 17.3 Å². The molecule has 0 aromatic heterocycles. The van der Waals surface area contributed by atoms with E-state index in [0.29, 0.717) is 41.8 Å². The van der Waals surface area contributed by atoms with E-state index in [-0.39, 0.29) is 5.78 Å². The lowest BCUT2D eigenvalue weighted by Gasteiger charge is -2.26. The Morgan fingerprint density at radius 2 is 1.74 bits per heavy atom. The van der Waals surface area contributed by atoms with Crippen LogP contribution < -0.4 is 23.7 Å². The number of carbonyl (C=O) groups is 1. The zero-order valence-electron chi connectivity index (χ0n) is 20.3. The molecule has 0 N–H and O–H groups in total. The van der Waals surface area contributed by atoms with Crippen LogP contribution in [0.2, 0.25) is 0 Å². The van der Waals surface area contributed by atoms with E-state index in [4.69, 9.17) is 28.4 Å². The number of nitrogens with zero attached hydrogens (tertiary/aromatic N) is 1. The summed E-state index contributed by atoms with van der Waals surface area (Å²) in [4.78, 5) is 16.5. The number of hydrogen-bond acceptors (Lipinski definition) is 9. The summed E-state index contributed by atoms with van der Waals surface area (Å²) < 4.78 is 33.5. The molecule has 2 heterocycles. The largest absolute Gasteiger partial charge is 0.493 e. The second-order valence-corrected chi connectivity index (χ2v) is 9.09. The van der Waals surface area contributed by atoms with Crippen LogP contribution in [0.3, 0.4) is 0 Å². The van der Waals surface area contributed by atoms with Crippen molar-refractivity contribution in [1.29, 1.82) is 0 Å². The zero-order valence-corrected chi connectivity index (χ0v) is 21.2. The number of methoxy groups -OCH3 is 3. The lowest BCUT2D eigenvalue weighted by atomic mass is 10.1. The third-order valence-corrected chi connectivity index (χ3v) is 6.79. The van der Waals surface area contributed by atoms with Crippen molar-refractivity contribution < 1.29 is 33.2 Å². The van der Waals surface area contributed by atoms with Gasteiger partial charge in [-0.25, -0.2) is 0 Å². The van der Waals surface area contributed by atoms with Crippen molar-refractivity contribution in [3.8, 4) is 28.7 Å². The number of fused-ring (bicyclic) bond motifs is 1. The molecule has 0 bridgehead atoms. The maximum Gasteiger partial charge on any atom is 0.203 e. The molecule has 0 unspecified atom stereocenters. The van der Waals surface area contributed by atoms with Gasteiger partial charge in [-0.15, -0.1) is 11.8 Å². The highest BCUT2D eigenvalue weighted by Gasteiger charge is 2.20. The van der Waals surface area contributed by atoms with Crippen molar-refractivity contribution >= 4 is 23.6 Å². The van der Waals surface area contributed by atoms with E-state index in [9.17, 15) is 4.79 Å². The Labute approximate surface area is 210 Å². The van der Waals surface area contributed by atoms with Crippen LogP contribution in [0.5, 0.6) is 28.7 Å². The average molecular weight is 502 g/mol. The molecule has 4 rings (SSSR count). The lowest BCUT2D eigenvalue weighted by molar-refractivity contribution is 0.0322. The lowest BCUT2D eigenvalue weighted by Crippen LogP contribution is -2.38. The minimum atomic E-state index is -0.158. The third kappa shape index (κ3) is 6.22. The smallest absolute Gasteiger partial charge is 0.203 e. The van der Waals surface area contributed by atoms with Crippen LogP contribution in [0.1, 0.15) is 15.9 Å². The van der Waals surface area contributed by atoms with Crippen molar-refractivity contribution in [2.75, 3.05) is 73.1 Å². The Bertz CT molecular complexity index is 1040. The predicted octanol–water partition coefficient (Wildman–Crippen LogP) is 3.80. The van der Waals surface area contributed by atoms with E-state index >= 15 is 0 Å². The van der Waals surface area contributed by atoms with E-state index in [0.717, 1.165) is 54.8 Å². The molecular formula is C26H31NO7S. The first-order valence-electron chi connectivity index (χ1n) is 11.5. The molecule has 1 saturated heterocycles. The molecule has 2 aliphatic heterocycles. The molecule has 0 radical (unpaired) electrons. The van der Waals surface area contributed by atoms with Crippen LogP contribution in [0.4, 0.5) is 0 Å². The maximum atomic E-state index is 13.3. The molecule has 0 aliphatic carbocycles. The molecule has 0 atom stereocenters. The third-order valence-electron chi connectivity index (χ3n) is 5.79. The zero-order chi connectivity index (χ0) is 24.6. The number of benzene rings is 2. The Hall–Kier alpha value is -2.88. The normalized spacial score (nSPS) is 15.9. The Morgan fingerprint density at radius 3 is 2.43 bits per heavy atom. The van der Waals surface area contributed by atoms with Gasteiger partial charge in [0.1, 0.15) is 18.1 Å². The number of hydrogen-bond donors (Lipinski definition) is 0. The van der Waals surface area contributed by atoms with Gasteiger partial charge in [0, 0.05) is 31.5 Å². The van der Waals surface area contributed by atoms with E-state index < -0.39 is 0 Å². The van der Waals surface area contributed by atoms with Gasteiger partial charge in [-0.1, -0.05) is 6.08 Å². The molecular weight excluding hydrogens is 470 g/mol. The minimum absolute atomic E-state index is 0.158. The maximum absolute atomic E-state index is 13.3. The minimum Gasteiger partial charge on any atom is -0.493 e. The van der Waals surface area contributed by atoms with Crippen molar-refractivity contribution in [2.24, 2.45) is 0 Å². The predicted molar refractivity (Wildman–Crippen MR) is 135 cm³/mol. The van der Waals surface area contributed by atoms with Gasteiger partial charge < -0.3 is 28.4 Å². The number of allylic oxidation sites excluding steroid dienone is 1. The summed E-state index contributed by atoms with van der Waals surface area (Å²) in [5, 5.41) is 0. The first kappa shape index (κ1) is 25.2. The van der Waals surface area contributed by atoms with E-state index in [1.165, 1.54) is 6.08 Å². The average Bonchev–Trinajstić information content (AvgIpc) is 2.91. The molecule has 0 saturated carbocycles. The molecule has 35 heavy (non-hydrogen) atoms. The van der Waals surface area contributed by atoms with Crippen LogP contribution in [0.25, 0.3) is 6.08 Å². The summed E-state index contributed by atoms with van der Waals surface area (Å²) >= 11 is 1.68. The number of ketones is 1. The van der Waals surface area contributed by atoms with Crippen LogP contribution in [0.15, 0.2) is 35.2 Å². The topological polar surface area (TPSA) is 75.7 Å². The first-order chi connectivity index (χ1) is 17.1. The molecule has 2 aromatic carbocycles. The van der Waals surface area contributed by atoms with E-state index in [1.54, 1.807) is 51.3 Å².